The first-order valence-corrected chi connectivity index (χ1v) is 6.99. The van der Waals surface area contributed by atoms with Gasteiger partial charge in [-0.05, 0) is 18.2 Å². The summed E-state index contributed by atoms with van der Waals surface area (Å²) in [5.41, 5.74) is 3.39. The molecule has 0 saturated heterocycles. The van der Waals surface area contributed by atoms with Gasteiger partial charge in [-0.2, -0.15) is 5.10 Å². The maximum absolute atomic E-state index is 11.6. The van der Waals surface area contributed by atoms with Crippen LogP contribution in [-0.4, -0.2) is 23.6 Å². The number of halogens is 1. The molecule has 2 N–H and O–H groups in total. The first-order valence-electron chi connectivity index (χ1n) is 6.61. The highest BCUT2D eigenvalue weighted by Gasteiger charge is 2.11. The summed E-state index contributed by atoms with van der Waals surface area (Å²) in [6.07, 6.45) is 1.31. The van der Waals surface area contributed by atoms with Gasteiger partial charge in [-0.15, -0.1) is 0 Å². The Kier molecular flexibility index (Phi) is 5.65. The molecule has 0 unspecified atom stereocenters. The molecule has 0 aromatic heterocycles. The van der Waals surface area contributed by atoms with Crippen LogP contribution in [0.25, 0.3) is 0 Å². The highest BCUT2D eigenvalue weighted by atomic mass is 35.5. The first-order chi connectivity index (χ1) is 11.1. The molecule has 23 heavy (non-hydrogen) atoms. The molecule has 0 heterocycles. The number of carbonyl (C=O) groups excluding carboxylic acids is 1. The minimum absolute atomic E-state index is 0.0447. The molecule has 0 aliphatic carbocycles. The number of rotatable bonds is 6. The van der Waals surface area contributed by atoms with E-state index in [1.54, 1.807) is 6.07 Å². The van der Waals surface area contributed by atoms with E-state index in [-0.39, 0.29) is 23.2 Å². The highest BCUT2D eigenvalue weighted by molar-refractivity contribution is 6.32. The molecule has 0 spiro atoms. The number of nitrogens with zero attached hydrogens (tertiary/aromatic N) is 2. The van der Waals surface area contributed by atoms with Crippen molar-refractivity contribution in [3.63, 3.8) is 0 Å². The molecular formula is C15H13ClN4O3. The number of nitrogens with one attached hydrogen (secondary N) is 2. The number of carbonyl (C=O) groups is 1. The van der Waals surface area contributed by atoms with Crippen LogP contribution in [0.15, 0.2) is 53.6 Å². The molecule has 118 valence electrons. The van der Waals surface area contributed by atoms with Gasteiger partial charge in [-0.25, -0.2) is 5.43 Å². The summed E-state index contributed by atoms with van der Waals surface area (Å²) in [6, 6.07) is 13.5. The fourth-order valence-electron chi connectivity index (χ4n) is 1.71. The van der Waals surface area contributed by atoms with Crippen LogP contribution >= 0.6 is 11.6 Å². The Morgan fingerprint density at radius 2 is 2.00 bits per heavy atom. The smallest absolute Gasteiger partial charge is 0.288 e. The summed E-state index contributed by atoms with van der Waals surface area (Å²) in [5, 5.41) is 17.5. The van der Waals surface area contributed by atoms with Gasteiger partial charge in [-0.1, -0.05) is 35.9 Å². The van der Waals surface area contributed by atoms with Crippen molar-refractivity contribution in [3.8, 4) is 0 Å². The average Bonchev–Trinajstić information content (AvgIpc) is 2.55. The Labute approximate surface area is 137 Å². The van der Waals surface area contributed by atoms with E-state index in [1.165, 1.54) is 18.3 Å². The minimum atomic E-state index is -0.581. The number of hydrazone groups is 1. The van der Waals surface area contributed by atoms with Crippen LogP contribution in [0.1, 0.15) is 5.56 Å². The van der Waals surface area contributed by atoms with Gasteiger partial charge in [-0.3, -0.25) is 14.9 Å². The van der Waals surface area contributed by atoms with E-state index in [4.69, 9.17) is 11.6 Å². The van der Waals surface area contributed by atoms with Crippen molar-refractivity contribution in [2.24, 2.45) is 5.10 Å². The van der Waals surface area contributed by atoms with Crippen LogP contribution < -0.4 is 10.7 Å². The number of para-hydroxylation sites is 1. The highest BCUT2D eigenvalue weighted by Crippen LogP contribution is 2.24. The van der Waals surface area contributed by atoms with Crippen molar-refractivity contribution in [3.05, 3.63) is 69.2 Å². The lowest BCUT2D eigenvalue weighted by Gasteiger charge is -2.04. The summed E-state index contributed by atoms with van der Waals surface area (Å²) in [4.78, 5) is 21.8. The van der Waals surface area contributed by atoms with Crippen LogP contribution in [0.3, 0.4) is 0 Å². The third kappa shape index (κ3) is 5.08. The molecule has 2 aromatic rings. The molecule has 0 atom stereocenters. The van der Waals surface area contributed by atoms with Crippen molar-refractivity contribution < 1.29 is 9.72 Å². The molecule has 2 rings (SSSR count). The molecule has 2 aromatic carbocycles. The quantitative estimate of drug-likeness (QED) is 0.483. The van der Waals surface area contributed by atoms with E-state index in [2.05, 4.69) is 15.8 Å². The third-order valence-electron chi connectivity index (χ3n) is 2.80. The van der Waals surface area contributed by atoms with E-state index >= 15 is 0 Å². The zero-order chi connectivity index (χ0) is 16.7. The van der Waals surface area contributed by atoms with Crippen LogP contribution in [0.4, 0.5) is 11.4 Å². The zero-order valence-electron chi connectivity index (χ0n) is 11.9. The van der Waals surface area contributed by atoms with Gasteiger partial charge >= 0.3 is 0 Å². The lowest BCUT2D eigenvalue weighted by Crippen LogP contribution is -2.25. The number of benzene rings is 2. The van der Waals surface area contributed by atoms with Crippen molar-refractivity contribution in [2.45, 2.75) is 0 Å². The van der Waals surface area contributed by atoms with Gasteiger partial charge in [0, 0.05) is 17.3 Å². The molecule has 7 nitrogen and oxygen atoms in total. The number of amides is 1. The summed E-state index contributed by atoms with van der Waals surface area (Å²) in [5.74, 6) is -0.339. The lowest BCUT2D eigenvalue weighted by molar-refractivity contribution is -0.384. The Hall–Kier alpha value is -2.93. The first kappa shape index (κ1) is 16.4. The predicted molar refractivity (Wildman–Crippen MR) is 88.8 cm³/mol. The number of hydrogen-bond acceptors (Lipinski definition) is 5. The van der Waals surface area contributed by atoms with Crippen LogP contribution in [0.5, 0.6) is 0 Å². The Bertz CT molecular complexity index is 735. The van der Waals surface area contributed by atoms with Gasteiger partial charge < -0.3 is 5.32 Å². The molecule has 0 aliphatic heterocycles. The van der Waals surface area contributed by atoms with Crippen molar-refractivity contribution in [1.82, 2.24) is 5.43 Å². The molecule has 0 fully saturated rings. The van der Waals surface area contributed by atoms with E-state index in [0.29, 0.717) is 5.56 Å². The van der Waals surface area contributed by atoms with Crippen molar-refractivity contribution in [1.29, 1.82) is 0 Å². The summed E-state index contributed by atoms with van der Waals surface area (Å²) >= 11 is 5.71. The molecule has 0 saturated carbocycles. The molecule has 0 radical (unpaired) electrons. The SMILES string of the molecule is O=C(CNc1ccccc1)NN=Cc1ccc(Cl)c([N+](=O)[O-])c1. The van der Waals surface area contributed by atoms with E-state index in [9.17, 15) is 14.9 Å². The van der Waals surface area contributed by atoms with Gasteiger partial charge in [0.2, 0.25) is 0 Å². The predicted octanol–water partition coefficient (Wildman–Crippen LogP) is 2.81. The average molecular weight is 333 g/mol. The number of hydrogen-bond donors (Lipinski definition) is 2. The fourth-order valence-corrected chi connectivity index (χ4v) is 1.89. The third-order valence-corrected chi connectivity index (χ3v) is 3.12. The van der Waals surface area contributed by atoms with Crippen molar-refractivity contribution >= 4 is 35.1 Å². The minimum Gasteiger partial charge on any atom is -0.376 e. The summed E-state index contributed by atoms with van der Waals surface area (Å²) in [6.45, 7) is 0.0577. The number of anilines is 1. The maximum atomic E-state index is 11.6. The van der Waals surface area contributed by atoms with E-state index in [0.717, 1.165) is 5.69 Å². The van der Waals surface area contributed by atoms with Crippen LogP contribution in [0.2, 0.25) is 5.02 Å². The molecule has 0 aliphatic rings. The Morgan fingerprint density at radius 1 is 1.26 bits per heavy atom. The monoisotopic (exact) mass is 332 g/mol. The molecule has 0 bridgehead atoms. The van der Waals surface area contributed by atoms with E-state index in [1.807, 2.05) is 30.3 Å². The standard InChI is InChI=1S/C15H13ClN4O3/c16-13-7-6-11(8-14(13)20(22)23)9-18-19-15(21)10-17-12-4-2-1-3-5-12/h1-9,17H,10H2,(H,19,21). The number of nitro benzene ring substituents is 1. The van der Waals surface area contributed by atoms with Gasteiger partial charge in [0.05, 0.1) is 17.7 Å². The largest absolute Gasteiger partial charge is 0.376 e. The summed E-state index contributed by atoms with van der Waals surface area (Å²) < 4.78 is 0. The van der Waals surface area contributed by atoms with Gasteiger partial charge in [0.1, 0.15) is 5.02 Å². The normalized spacial score (nSPS) is 10.5. The van der Waals surface area contributed by atoms with E-state index < -0.39 is 4.92 Å². The second-order valence-electron chi connectivity index (χ2n) is 4.48. The topological polar surface area (TPSA) is 96.6 Å². The zero-order valence-corrected chi connectivity index (χ0v) is 12.7. The van der Waals surface area contributed by atoms with Crippen molar-refractivity contribution in [2.75, 3.05) is 11.9 Å². The maximum Gasteiger partial charge on any atom is 0.288 e. The summed E-state index contributed by atoms with van der Waals surface area (Å²) in [7, 11) is 0. The second kappa shape index (κ2) is 7.90. The van der Waals surface area contributed by atoms with Gasteiger partial charge in [0.25, 0.3) is 11.6 Å². The lowest BCUT2D eigenvalue weighted by atomic mass is 10.2. The number of nitro groups is 1. The van der Waals surface area contributed by atoms with Crippen LogP contribution in [0, 0.1) is 10.1 Å². The molecular weight excluding hydrogens is 320 g/mol. The Morgan fingerprint density at radius 3 is 2.70 bits per heavy atom. The Balaban J connectivity index is 1.87. The van der Waals surface area contributed by atoms with Crippen LogP contribution in [-0.2, 0) is 4.79 Å². The molecule has 1 amide bonds. The molecule has 8 heteroatoms. The fraction of sp³-hybridized carbons (Fsp3) is 0.0667. The van der Waals surface area contributed by atoms with Gasteiger partial charge in [0.15, 0.2) is 0 Å². The second-order valence-corrected chi connectivity index (χ2v) is 4.89.